The first kappa shape index (κ1) is 12.7. The summed E-state index contributed by atoms with van der Waals surface area (Å²) in [6.45, 7) is 11.3. The molecule has 0 atom stereocenters. The van der Waals surface area contributed by atoms with Crippen LogP contribution in [0.15, 0.2) is 61.4 Å². The van der Waals surface area contributed by atoms with Crippen LogP contribution in [-0.2, 0) is 0 Å². The first-order valence-electron chi connectivity index (χ1n) is 4.54. The molecule has 0 heterocycles. The largest absolute Gasteiger partial charge is 0.305 e. The number of quaternary nitrogens is 1. The summed E-state index contributed by atoms with van der Waals surface area (Å²) in [6.07, 6.45) is 9.61. The Balaban J connectivity index is 4.25. The zero-order chi connectivity index (χ0) is 11.2. The average Bonchev–Trinajstić information content (AvgIpc) is 2.09. The van der Waals surface area contributed by atoms with Gasteiger partial charge in [-0.25, -0.2) is 0 Å². The maximum absolute atomic E-state index is 3.90. The van der Waals surface area contributed by atoms with Crippen molar-refractivity contribution in [1.82, 2.24) is 0 Å². The Morgan fingerprint density at radius 2 is 1.43 bits per heavy atom. The Labute approximate surface area is 87.6 Å². The zero-order valence-electron chi connectivity index (χ0n) is 9.46. The van der Waals surface area contributed by atoms with E-state index in [2.05, 4.69) is 47.1 Å². The van der Waals surface area contributed by atoms with E-state index in [1.165, 1.54) is 0 Å². The quantitative estimate of drug-likeness (QED) is 0.461. The standard InChI is InChI=1S/C13H20N/c1-7-12(2)8-9-13(3)10-11-14(4,5)6/h7-11H,1-3H2,4-6H3/q+1/b9-8-,11-10-. The van der Waals surface area contributed by atoms with Crippen molar-refractivity contribution < 1.29 is 4.48 Å². The van der Waals surface area contributed by atoms with Crippen molar-refractivity contribution in [3.63, 3.8) is 0 Å². The molecular weight excluding hydrogens is 170 g/mol. The molecule has 1 heteroatoms. The number of hydrogen-bond donors (Lipinski definition) is 0. The van der Waals surface area contributed by atoms with Crippen LogP contribution in [0.25, 0.3) is 0 Å². The molecule has 0 aromatic rings. The lowest BCUT2D eigenvalue weighted by Crippen LogP contribution is -2.26. The fourth-order valence-electron chi connectivity index (χ4n) is 0.657. The topological polar surface area (TPSA) is 0 Å². The summed E-state index contributed by atoms with van der Waals surface area (Å²) in [4.78, 5) is 0. The van der Waals surface area contributed by atoms with E-state index >= 15 is 0 Å². The van der Waals surface area contributed by atoms with Crippen LogP contribution in [0, 0.1) is 0 Å². The molecule has 0 rings (SSSR count). The van der Waals surface area contributed by atoms with Gasteiger partial charge in [0, 0.05) is 0 Å². The molecule has 0 aliphatic carbocycles. The summed E-state index contributed by atoms with van der Waals surface area (Å²) in [7, 11) is 6.28. The van der Waals surface area contributed by atoms with Gasteiger partial charge in [-0.1, -0.05) is 38.0 Å². The molecule has 0 bridgehead atoms. The highest BCUT2D eigenvalue weighted by Crippen LogP contribution is 2.02. The van der Waals surface area contributed by atoms with Crippen LogP contribution in [0.1, 0.15) is 0 Å². The molecule has 14 heavy (non-hydrogen) atoms. The first-order chi connectivity index (χ1) is 6.35. The molecule has 0 radical (unpaired) electrons. The molecule has 0 saturated heterocycles. The zero-order valence-corrected chi connectivity index (χ0v) is 9.46. The molecular formula is C13H20N+. The summed E-state index contributed by atoms with van der Waals surface area (Å²) >= 11 is 0. The Kier molecular flexibility index (Phi) is 4.89. The van der Waals surface area contributed by atoms with Crippen molar-refractivity contribution in [2.45, 2.75) is 0 Å². The van der Waals surface area contributed by atoms with Gasteiger partial charge in [-0.2, -0.15) is 0 Å². The minimum Gasteiger partial charge on any atom is -0.305 e. The molecule has 0 N–H and O–H groups in total. The van der Waals surface area contributed by atoms with E-state index in [0.717, 1.165) is 15.6 Å². The Bertz CT molecular complexity index is 285. The molecule has 0 saturated carbocycles. The van der Waals surface area contributed by atoms with Crippen LogP contribution in [0.3, 0.4) is 0 Å². The van der Waals surface area contributed by atoms with Crippen molar-refractivity contribution in [1.29, 1.82) is 0 Å². The average molecular weight is 190 g/mol. The molecule has 1 nitrogen and oxygen atoms in total. The van der Waals surface area contributed by atoms with Crippen LogP contribution < -0.4 is 0 Å². The molecule has 0 unspecified atom stereocenters. The van der Waals surface area contributed by atoms with E-state index in [-0.39, 0.29) is 0 Å². The van der Waals surface area contributed by atoms with Gasteiger partial charge in [-0.05, 0) is 17.2 Å². The summed E-state index contributed by atoms with van der Waals surface area (Å²) < 4.78 is 0.787. The van der Waals surface area contributed by atoms with Crippen LogP contribution in [0.2, 0.25) is 0 Å². The van der Waals surface area contributed by atoms with Crippen LogP contribution in [-0.4, -0.2) is 25.6 Å². The van der Waals surface area contributed by atoms with Gasteiger partial charge in [0.05, 0.1) is 27.3 Å². The molecule has 0 amide bonds. The van der Waals surface area contributed by atoms with E-state index in [9.17, 15) is 0 Å². The maximum Gasteiger partial charge on any atom is 0.0957 e. The minimum absolute atomic E-state index is 0.787. The van der Waals surface area contributed by atoms with Crippen LogP contribution >= 0.6 is 0 Å². The van der Waals surface area contributed by atoms with Crippen molar-refractivity contribution in [2.24, 2.45) is 0 Å². The minimum atomic E-state index is 0.787. The number of rotatable bonds is 5. The monoisotopic (exact) mass is 190 g/mol. The lowest BCUT2D eigenvalue weighted by molar-refractivity contribution is -0.817. The number of allylic oxidation sites excluding steroid dienone is 6. The number of nitrogens with zero attached hydrogens (tertiary/aromatic N) is 1. The van der Waals surface area contributed by atoms with Crippen LogP contribution in [0.5, 0.6) is 0 Å². The normalized spacial score (nSPS) is 12.2. The highest BCUT2D eigenvalue weighted by molar-refractivity contribution is 5.34. The maximum atomic E-state index is 3.90. The van der Waals surface area contributed by atoms with E-state index < -0.39 is 0 Å². The SMILES string of the molecule is C=CC(=C)/C=C\C(=C)/C=C\[N+](C)(C)C. The van der Waals surface area contributed by atoms with Gasteiger partial charge < -0.3 is 4.48 Å². The van der Waals surface area contributed by atoms with Gasteiger partial charge in [-0.15, -0.1) is 0 Å². The van der Waals surface area contributed by atoms with Crippen molar-refractivity contribution in [3.05, 3.63) is 61.4 Å². The molecule has 0 fully saturated rings. The first-order valence-corrected chi connectivity index (χ1v) is 4.54. The highest BCUT2D eigenvalue weighted by Gasteiger charge is 1.98. The van der Waals surface area contributed by atoms with E-state index in [1.54, 1.807) is 6.08 Å². The van der Waals surface area contributed by atoms with Gasteiger partial charge >= 0.3 is 0 Å². The highest BCUT2D eigenvalue weighted by atomic mass is 15.3. The molecule has 0 aromatic heterocycles. The Hall–Kier alpha value is -1.34. The summed E-state index contributed by atoms with van der Waals surface area (Å²) in [5.41, 5.74) is 1.85. The Morgan fingerprint density at radius 1 is 0.929 bits per heavy atom. The van der Waals surface area contributed by atoms with Crippen molar-refractivity contribution in [2.75, 3.05) is 21.1 Å². The van der Waals surface area contributed by atoms with Crippen LogP contribution in [0.4, 0.5) is 0 Å². The second-order valence-corrected chi connectivity index (χ2v) is 4.12. The molecule has 76 valence electrons. The predicted molar refractivity (Wildman–Crippen MR) is 64.8 cm³/mol. The van der Waals surface area contributed by atoms with E-state index in [1.807, 2.05) is 18.2 Å². The van der Waals surface area contributed by atoms with Gasteiger partial charge in [-0.3, -0.25) is 0 Å². The van der Waals surface area contributed by atoms with Gasteiger partial charge in [0.2, 0.25) is 0 Å². The molecule has 0 spiro atoms. The number of hydrogen-bond acceptors (Lipinski definition) is 0. The molecule has 0 aliphatic heterocycles. The lowest BCUT2D eigenvalue weighted by Gasteiger charge is -2.17. The fraction of sp³-hybridized carbons (Fsp3) is 0.231. The van der Waals surface area contributed by atoms with Gasteiger partial charge in [0.1, 0.15) is 0 Å². The van der Waals surface area contributed by atoms with Gasteiger partial charge in [0.25, 0.3) is 0 Å². The second-order valence-electron chi connectivity index (χ2n) is 4.12. The smallest absolute Gasteiger partial charge is 0.0957 e. The lowest BCUT2D eigenvalue weighted by atomic mass is 10.2. The Morgan fingerprint density at radius 3 is 1.86 bits per heavy atom. The van der Waals surface area contributed by atoms with E-state index in [0.29, 0.717) is 0 Å². The molecule has 0 aromatic carbocycles. The third-order valence-electron chi connectivity index (χ3n) is 1.51. The third kappa shape index (κ3) is 7.32. The summed E-state index contributed by atoms with van der Waals surface area (Å²) in [5, 5.41) is 0. The van der Waals surface area contributed by atoms with Gasteiger partial charge in [0.15, 0.2) is 0 Å². The second kappa shape index (κ2) is 5.40. The van der Waals surface area contributed by atoms with E-state index in [4.69, 9.17) is 0 Å². The van der Waals surface area contributed by atoms with Crippen molar-refractivity contribution in [3.8, 4) is 0 Å². The van der Waals surface area contributed by atoms with Crippen molar-refractivity contribution >= 4 is 0 Å². The predicted octanol–water partition coefficient (Wildman–Crippen LogP) is 3.06. The molecule has 0 aliphatic rings. The summed E-state index contributed by atoms with van der Waals surface area (Å²) in [5.74, 6) is 0. The fourth-order valence-corrected chi connectivity index (χ4v) is 0.657. The summed E-state index contributed by atoms with van der Waals surface area (Å²) in [6, 6.07) is 0. The third-order valence-corrected chi connectivity index (χ3v) is 1.51.